The maximum Gasteiger partial charge on any atom is 0.255 e. The molecular formula is C21H27N3O3S. The molecule has 1 aliphatic rings. The van der Waals surface area contributed by atoms with Crippen LogP contribution in [0.3, 0.4) is 0 Å². The van der Waals surface area contributed by atoms with E-state index >= 15 is 0 Å². The fourth-order valence-corrected chi connectivity index (χ4v) is 4.90. The highest BCUT2D eigenvalue weighted by atomic mass is 32.2. The van der Waals surface area contributed by atoms with Gasteiger partial charge in [-0.1, -0.05) is 30.7 Å². The van der Waals surface area contributed by atoms with Crippen molar-refractivity contribution in [3.8, 4) is 0 Å². The average Bonchev–Trinajstić information content (AvgIpc) is 2.68. The van der Waals surface area contributed by atoms with Crippen molar-refractivity contribution in [2.24, 2.45) is 0 Å². The van der Waals surface area contributed by atoms with E-state index in [1.165, 1.54) is 10.4 Å². The molecule has 1 heterocycles. The van der Waals surface area contributed by atoms with E-state index in [1.807, 2.05) is 26.0 Å². The summed E-state index contributed by atoms with van der Waals surface area (Å²) in [6.45, 7) is 9.30. The molecule has 1 saturated heterocycles. The molecule has 7 heteroatoms. The molecule has 6 nitrogen and oxygen atoms in total. The number of likely N-dealkylation sites (N-methyl/N-ethyl adjacent to an activating group) is 1. The van der Waals surface area contributed by atoms with Crippen LogP contribution in [0.4, 0.5) is 5.69 Å². The molecule has 0 unspecified atom stereocenters. The van der Waals surface area contributed by atoms with Gasteiger partial charge in [0.15, 0.2) is 0 Å². The Morgan fingerprint density at radius 2 is 1.75 bits per heavy atom. The molecule has 0 saturated carbocycles. The lowest BCUT2D eigenvalue weighted by molar-refractivity contribution is 0.102. The Morgan fingerprint density at radius 1 is 1.04 bits per heavy atom. The van der Waals surface area contributed by atoms with Gasteiger partial charge in [-0.25, -0.2) is 8.42 Å². The van der Waals surface area contributed by atoms with Crippen LogP contribution in [-0.2, 0) is 10.0 Å². The van der Waals surface area contributed by atoms with Gasteiger partial charge in [-0.3, -0.25) is 4.79 Å². The number of benzene rings is 2. The lowest BCUT2D eigenvalue weighted by Gasteiger charge is -2.33. The maximum atomic E-state index is 13.0. The Morgan fingerprint density at radius 3 is 2.39 bits per heavy atom. The van der Waals surface area contributed by atoms with Crippen molar-refractivity contribution in [2.75, 3.05) is 38.0 Å². The molecule has 2 aromatic carbocycles. The largest absolute Gasteiger partial charge is 0.322 e. The molecule has 0 spiro atoms. The van der Waals surface area contributed by atoms with Crippen LogP contribution in [-0.4, -0.2) is 56.3 Å². The predicted octanol–water partition coefficient (Wildman–Crippen LogP) is 2.88. The second-order valence-electron chi connectivity index (χ2n) is 7.14. The Balaban J connectivity index is 1.77. The first-order valence-electron chi connectivity index (χ1n) is 9.52. The number of sulfonamides is 1. The zero-order valence-electron chi connectivity index (χ0n) is 16.6. The molecule has 0 bridgehead atoms. The van der Waals surface area contributed by atoms with Crippen molar-refractivity contribution in [1.82, 2.24) is 9.21 Å². The number of carbonyl (C=O) groups is 1. The van der Waals surface area contributed by atoms with Crippen LogP contribution in [0, 0.1) is 13.8 Å². The van der Waals surface area contributed by atoms with Crippen LogP contribution in [0.25, 0.3) is 0 Å². The van der Waals surface area contributed by atoms with Crippen LogP contribution in [0.15, 0.2) is 47.4 Å². The minimum atomic E-state index is -3.58. The summed E-state index contributed by atoms with van der Waals surface area (Å²) >= 11 is 0. The van der Waals surface area contributed by atoms with Crippen LogP contribution in [0.5, 0.6) is 0 Å². The van der Waals surface area contributed by atoms with Crippen molar-refractivity contribution in [3.63, 3.8) is 0 Å². The molecule has 0 atom stereocenters. The van der Waals surface area contributed by atoms with Crippen LogP contribution < -0.4 is 5.32 Å². The number of nitrogens with zero attached hydrogens (tertiary/aromatic N) is 2. The van der Waals surface area contributed by atoms with Gasteiger partial charge in [0.2, 0.25) is 10.0 Å². The Kier molecular flexibility index (Phi) is 6.17. The van der Waals surface area contributed by atoms with Gasteiger partial charge in [0.05, 0.1) is 4.90 Å². The number of hydrogen-bond acceptors (Lipinski definition) is 4. The molecule has 28 heavy (non-hydrogen) atoms. The second-order valence-corrected chi connectivity index (χ2v) is 9.08. The van der Waals surface area contributed by atoms with Gasteiger partial charge >= 0.3 is 0 Å². The summed E-state index contributed by atoms with van der Waals surface area (Å²) in [7, 11) is -3.58. The van der Waals surface area contributed by atoms with E-state index < -0.39 is 10.0 Å². The molecule has 0 radical (unpaired) electrons. The number of amides is 1. The minimum absolute atomic E-state index is 0.205. The molecule has 150 valence electrons. The molecule has 1 N–H and O–H groups in total. The van der Waals surface area contributed by atoms with Crippen LogP contribution >= 0.6 is 0 Å². The number of anilines is 1. The van der Waals surface area contributed by atoms with Gasteiger partial charge in [0.1, 0.15) is 0 Å². The first-order valence-corrected chi connectivity index (χ1v) is 11.0. The van der Waals surface area contributed by atoms with Gasteiger partial charge in [-0.15, -0.1) is 0 Å². The Hall–Kier alpha value is -2.22. The highest BCUT2D eigenvalue weighted by Gasteiger charge is 2.28. The normalized spacial score (nSPS) is 16.1. The van der Waals surface area contributed by atoms with Gasteiger partial charge in [-0.2, -0.15) is 4.31 Å². The summed E-state index contributed by atoms with van der Waals surface area (Å²) in [6.07, 6.45) is 0. The summed E-state index contributed by atoms with van der Waals surface area (Å²) < 4.78 is 27.5. The number of hydrogen-bond donors (Lipinski definition) is 1. The summed E-state index contributed by atoms with van der Waals surface area (Å²) in [4.78, 5) is 15.0. The summed E-state index contributed by atoms with van der Waals surface area (Å²) in [5.74, 6) is -0.247. The number of piperazine rings is 1. The Bertz CT molecular complexity index is 965. The third kappa shape index (κ3) is 4.43. The lowest BCUT2D eigenvalue weighted by Crippen LogP contribution is -2.48. The topological polar surface area (TPSA) is 69.7 Å². The number of carbonyl (C=O) groups excluding carboxylic acids is 1. The molecule has 3 rings (SSSR count). The molecule has 0 aliphatic carbocycles. The first kappa shape index (κ1) is 20.5. The smallest absolute Gasteiger partial charge is 0.255 e. The van der Waals surface area contributed by atoms with Crippen molar-refractivity contribution < 1.29 is 13.2 Å². The molecule has 0 aromatic heterocycles. The zero-order chi connectivity index (χ0) is 20.3. The Labute approximate surface area is 167 Å². The number of rotatable bonds is 5. The zero-order valence-corrected chi connectivity index (χ0v) is 17.4. The van der Waals surface area contributed by atoms with E-state index in [-0.39, 0.29) is 10.8 Å². The quantitative estimate of drug-likeness (QED) is 0.836. The molecule has 1 amide bonds. The van der Waals surface area contributed by atoms with Crippen LogP contribution in [0.1, 0.15) is 28.4 Å². The van der Waals surface area contributed by atoms with Crippen molar-refractivity contribution in [1.29, 1.82) is 0 Å². The van der Waals surface area contributed by atoms with Gasteiger partial charge in [0.25, 0.3) is 5.91 Å². The van der Waals surface area contributed by atoms with Crippen molar-refractivity contribution in [2.45, 2.75) is 25.7 Å². The van der Waals surface area contributed by atoms with E-state index in [2.05, 4.69) is 17.1 Å². The monoisotopic (exact) mass is 401 g/mol. The van der Waals surface area contributed by atoms with Crippen molar-refractivity contribution in [3.05, 3.63) is 59.2 Å². The van der Waals surface area contributed by atoms with Crippen LogP contribution in [0.2, 0.25) is 0 Å². The van der Waals surface area contributed by atoms with E-state index in [4.69, 9.17) is 0 Å². The summed E-state index contributed by atoms with van der Waals surface area (Å²) in [5.41, 5.74) is 3.02. The van der Waals surface area contributed by atoms with E-state index in [9.17, 15) is 13.2 Å². The molecule has 2 aromatic rings. The van der Waals surface area contributed by atoms with Gasteiger partial charge in [0, 0.05) is 37.4 Å². The highest BCUT2D eigenvalue weighted by molar-refractivity contribution is 7.89. The van der Waals surface area contributed by atoms with E-state index in [0.717, 1.165) is 30.8 Å². The predicted molar refractivity (Wildman–Crippen MR) is 111 cm³/mol. The molecule has 1 aliphatic heterocycles. The summed E-state index contributed by atoms with van der Waals surface area (Å²) in [6, 6.07) is 12.1. The second kappa shape index (κ2) is 8.43. The SMILES string of the molecule is CCN1CCN(S(=O)(=O)c2cccc(NC(=O)c3ccc(C)cc3C)c2)CC1. The fraction of sp³-hybridized carbons (Fsp3) is 0.381. The van der Waals surface area contributed by atoms with E-state index in [0.29, 0.717) is 24.3 Å². The maximum absolute atomic E-state index is 13.0. The summed E-state index contributed by atoms with van der Waals surface area (Å²) in [5, 5.41) is 2.82. The van der Waals surface area contributed by atoms with E-state index in [1.54, 1.807) is 24.3 Å². The number of aryl methyl sites for hydroxylation is 2. The average molecular weight is 402 g/mol. The minimum Gasteiger partial charge on any atom is -0.322 e. The highest BCUT2D eigenvalue weighted by Crippen LogP contribution is 2.22. The standard InChI is InChI=1S/C21H27N3O3S/c1-4-23-10-12-24(13-11-23)28(26,27)19-7-5-6-18(15-19)22-21(25)20-9-8-16(2)14-17(20)3/h5-9,14-15H,4,10-13H2,1-3H3,(H,22,25). The number of nitrogens with one attached hydrogen (secondary N) is 1. The third-order valence-corrected chi connectivity index (χ3v) is 7.03. The van der Waals surface area contributed by atoms with Gasteiger partial charge in [-0.05, 0) is 50.2 Å². The fourth-order valence-electron chi connectivity index (χ4n) is 3.44. The van der Waals surface area contributed by atoms with Crippen molar-refractivity contribution >= 4 is 21.6 Å². The van der Waals surface area contributed by atoms with Gasteiger partial charge < -0.3 is 10.2 Å². The molecular weight excluding hydrogens is 374 g/mol. The lowest BCUT2D eigenvalue weighted by atomic mass is 10.1. The third-order valence-electron chi connectivity index (χ3n) is 5.13. The molecule has 1 fully saturated rings. The first-order chi connectivity index (χ1) is 13.3.